The Labute approximate surface area is 194 Å². The van der Waals surface area contributed by atoms with E-state index in [-0.39, 0.29) is 5.56 Å². The van der Waals surface area contributed by atoms with Crippen LogP contribution in [-0.2, 0) is 6.61 Å². The second kappa shape index (κ2) is 9.36. The lowest BCUT2D eigenvalue weighted by Crippen LogP contribution is -2.20. The Morgan fingerprint density at radius 1 is 1.06 bits per heavy atom. The van der Waals surface area contributed by atoms with E-state index in [0.717, 1.165) is 15.6 Å². The number of aromatic nitrogens is 2. The van der Waals surface area contributed by atoms with Crippen LogP contribution in [-0.4, -0.2) is 23.0 Å². The molecule has 0 spiro atoms. The lowest BCUT2D eigenvalue weighted by Gasteiger charge is -2.12. The Bertz CT molecular complexity index is 1380. The van der Waals surface area contributed by atoms with Crippen molar-refractivity contribution in [3.8, 4) is 11.5 Å². The minimum Gasteiger partial charge on any atom is -0.493 e. The predicted octanol–water partition coefficient (Wildman–Crippen LogP) is 5.25. The van der Waals surface area contributed by atoms with Gasteiger partial charge < -0.3 is 9.47 Å². The molecule has 4 aromatic rings. The Morgan fingerprint density at radius 3 is 2.69 bits per heavy atom. The number of hydrogen-bond donors (Lipinski definition) is 0. The third-order valence-corrected chi connectivity index (χ3v) is 5.45. The number of fused-ring (bicyclic) bond motifs is 1. The van der Waals surface area contributed by atoms with Crippen molar-refractivity contribution in [2.75, 3.05) is 7.11 Å². The van der Waals surface area contributed by atoms with Crippen molar-refractivity contribution in [1.82, 2.24) is 9.66 Å². The largest absolute Gasteiger partial charge is 0.493 e. The first-order chi connectivity index (χ1) is 15.4. The summed E-state index contributed by atoms with van der Waals surface area (Å²) in [5, 5.41) is 4.87. The Hall–Kier alpha value is -3.45. The highest BCUT2D eigenvalue weighted by atomic mass is 79.9. The molecule has 0 radical (unpaired) electrons. The van der Waals surface area contributed by atoms with E-state index in [4.69, 9.17) is 9.47 Å². The van der Waals surface area contributed by atoms with Gasteiger partial charge in [0.1, 0.15) is 12.4 Å². The highest BCUT2D eigenvalue weighted by Gasteiger charge is 2.09. The average molecular weight is 492 g/mol. The van der Waals surface area contributed by atoms with Crippen LogP contribution in [0.1, 0.15) is 22.5 Å². The van der Waals surface area contributed by atoms with E-state index in [1.54, 1.807) is 26.3 Å². The highest BCUT2D eigenvalue weighted by molar-refractivity contribution is 9.10. The molecular formula is C25H22BrN3O3. The summed E-state index contributed by atoms with van der Waals surface area (Å²) in [7, 11) is 1.59. The van der Waals surface area contributed by atoms with Crippen LogP contribution in [0.3, 0.4) is 0 Å². The van der Waals surface area contributed by atoms with E-state index in [1.165, 1.54) is 10.2 Å². The summed E-state index contributed by atoms with van der Waals surface area (Å²) in [5.74, 6) is 1.73. The number of aryl methyl sites for hydroxylation is 2. The highest BCUT2D eigenvalue weighted by Crippen LogP contribution is 2.28. The maximum atomic E-state index is 12.9. The predicted molar refractivity (Wildman–Crippen MR) is 130 cm³/mol. The van der Waals surface area contributed by atoms with E-state index < -0.39 is 0 Å². The monoisotopic (exact) mass is 491 g/mol. The standard InChI is InChI=1S/C25H22BrN3O3/c1-16-5-4-6-19(11-16)15-32-23-10-7-18(12-24(23)31-3)14-27-29-17(2)28-22-9-8-20(26)13-21(22)25(29)30/h4-14H,15H2,1-3H3. The van der Waals surface area contributed by atoms with Crippen molar-refractivity contribution in [1.29, 1.82) is 0 Å². The smallest absolute Gasteiger partial charge is 0.282 e. The Morgan fingerprint density at radius 2 is 1.91 bits per heavy atom. The molecule has 0 saturated heterocycles. The molecule has 0 aliphatic carbocycles. The first-order valence-electron chi connectivity index (χ1n) is 10.0. The van der Waals surface area contributed by atoms with Gasteiger partial charge in [-0.15, -0.1) is 0 Å². The number of benzene rings is 3. The van der Waals surface area contributed by atoms with Crippen molar-refractivity contribution in [2.24, 2.45) is 5.10 Å². The Kier molecular flexibility index (Phi) is 6.37. The van der Waals surface area contributed by atoms with Crippen LogP contribution in [0.25, 0.3) is 10.9 Å². The Balaban J connectivity index is 1.59. The molecule has 1 aromatic heterocycles. The van der Waals surface area contributed by atoms with Gasteiger partial charge in [-0.1, -0.05) is 45.8 Å². The van der Waals surface area contributed by atoms with Gasteiger partial charge in [0, 0.05) is 4.47 Å². The number of hydrogen-bond acceptors (Lipinski definition) is 5. The van der Waals surface area contributed by atoms with Crippen LogP contribution >= 0.6 is 15.9 Å². The lowest BCUT2D eigenvalue weighted by molar-refractivity contribution is 0.284. The molecule has 3 aromatic carbocycles. The van der Waals surface area contributed by atoms with Gasteiger partial charge in [-0.2, -0.15) is 9.78 Å². The van der Waals surface area contributed by atoms with Gasteiger partial charge in [-0.3, -0.25) is 4.79 Å². The van der Waals surface area contributed by atoms with E-state index in [2.05, 4.69) is 45.1 Å². The summed E-state index contributed by atoms with van der Waals surface area (Å²) in [6.45, 7) is 4.25. The molecule has 1 heterocycles. The normalized spacial score (nSPS) is 11.2. The number of halogens is 1. The fraction of sp³-hybridized carbons (Fsp3) is 0.160. The second-order valence-corrected chi connectivity index (χ2v) is 8.29. The maximum Gasteiger partial charge on any atom is 0.282 e. The molecule has 0 N–H and O–H groups in total. The molecule has 0 fully saturated rings. The molecule has 0 unspecified atom stereocenters. The van der Waals surface area contributed by atoms with Gasteiger partial charge >= 0.3 is 0 Å². The zero-order chi connectivity index (χ0) is 22.7. The molecule has 7 heteroatoms. The maximum absolute atomic E-state index is 12.9. The fourth-order valence-electron chi connectivity index (χ4n) is 3.37. The molecule has 0 aliphatic heterocycles. The molecule has 162 valence electrons. The van der Waals surface area contributed by atoms with Crippen LogP contribution < -0.4 is 15.0 Å². The average Bonchev–Trinajstić information content (AvgIpc) is 2.78. The van der Waals surface area contributed by atoms with Crippen LogP contribution in [0.2, 0.25) is 0 Å². The van der Waals surface area contributed by atoms with Crippen LogP contribution in [0, 0.1) is 13.8 Å². The minimum absolute atomic E-state index is 0.227. The number of nitrogens with zero attached hydrogens (tertiary/aromatic N) is 3. The second-order valence-electron chi connectivity index (χ2n) is 7.37. The topological polar surface area (TPSA) is 65.7 Å². The number of ether oxygens (including phenoxy) is 2. The lowest BCUT2D eigenvalue weighted by atomic mass is 10.1. The molecular weight excluding hydrogens is 470 g/mol. The van der Waals surface area contributed by atoms with Crippen molar-refractivity contribution in [2.45, 2.75) is 20.5 Å². The zero-order valence-corrected chi connectivity index (χ0v) is 19.6. The SMILES string of the molecule is COc1cc(C=Nn2c(C)nc3ccc(Br)cc3c2=O)ccc1OCc1cccc(C)c1. The third kappa shape index (κ3) is 4.73. The number of rotatable bonds is 6. The van der Waals surface area contributed by atoms with E-state index in [9.17, 15) is 4.79 Å². The quantitative estimate of drug-likeness (QED) is 0.345. The van der Waals surface area contributed by atoms with Crippen LogP contribution in [0.15, 0.2) is 75.0 Å². The summed E-state index contributed by atoms with van der Waals surface area (Å²) in [6.07, 6.45) is 1.60. The van der Waals surface area contributed by atoms with Gasteiger partial charge in [0.25, 0.3) is 5.56 Å². The molecule has 32 heavy (non-hydrogen) atoms. The van der Waals surface area contributed by atoms with Crippen molar-refractivity contribution in [3.05, 3.63) is 98.0 Å². The molecule has 6 nitrogen and oxygen atoms in total. The summed E-state index contributed by atoms with van der Waals surface area (Å²) < 4.78 is 13.6. The molecule has 0 amide bonds. The van der Waals surface area contributed by atoms with E-state index >= 15 is 0 Å². The van der Waals surface area contributed by atoms with Gasteiger partial charge in [0.05, 0.1) is 24.2 Å². The van der Waals surface area contributed by atoms with Gasteiger partial charge in [0.2, 0.25) is 0 Å². The molecule has 0 saturated carbocycles. The minimum atomic E-state index is -0.227. The molecule has 0 bridgehead atoms. The summed E-state index contributed by atoms with van der Waals surface area (Å²) in [5.41, 5.74) is 3.45. The first-order valence-corrected chi connectivity index (χ1v) is 10.8. The zero-order valence-electron chi connectivity index (χ0n) is 18.0. The van der Waals surface area contributed by atoms with Crippen LogP contribution in [0.5, 0.6) is 11.5 Å². The van der Waals surface area contributed by atoms with E-state index in [0.29, 0.717) is 34.8 Å². The fourth-order valence-corrected chi connectivity index (χ4v) is 3.73. The van der Waals surface area contributed by atoms with Crippen LogP contribution in [0.4, 0.5) is 0 Å². The van der Waals surface area contributed by atoms with Crippen molar-refractivity contribution < 1.29 is 9.47 Å². The van der Waals surface area contributed by atoms with Crippen molar-refractivity contribution >= 4 is 33.0 Å². The number of methoxy groups -OCH3 is 1. The summed E-state index contributed by atoms with van der Waals surface area (Å²) in [6, 6.07) is 19.1. The first kappa shape index (κ1) is 21.8. The summed E-state index contributed by atoms with van der Waals surface area (Å²) >= 11 is 3.40. The van der Waals surface area contributed by atoms with Gasteiger partial charge in [0.15, 0.2) is 11.5 Å². The van der Waals surface area contributed by atoms with E-state index in [1.807, 2.05) is 42.5 Å². The molecule has 0 aliphatic rings. The van der Waals surface area contributed by atoms with Gasteiger partial charge in [-0.25, -0.2) is 4.98 Å². The third-order valence-electron chi connectivity index (χ3n) is 4.96. The van der Waals surface area contributed by atoms with Crippen molar-refractivity contribution in [3.63, 3.8) is 0 Å². The summed E-state index contributed by atoms with van der Waals surface area (Å²) in [4.78, 5) is 17.4. The molecule has 0 atom stereocenters. The van der Waals surface area contributed by atoms with Gasteiger partial charge in [-0.05, 0) is 61.4 Å². The molecule has 4 rings (SSSR count).